The Kier molecular flexibility index (Phi) is 8.01. The summed E-state index contributed by atoms with van der Waals surface area (Å²) in [6.07, 6.45) is 0. The normalized spacial score (nSPS) is 16.0. The molecule has 0 unspecified atom stereocenters. The van der Waals surface area contributed by atoms with Crippen molar-refractivity contribution < 1.29 is 21.6 Å². The van der Waals surface area contributed by atoms with Gasteiger partial charge in [-0.2, -0.15) is 4.31 Å². The highest BCUT2D eigenvalue weighted by Crippen LogP contribution is 2.15. The number of rotatable bonds is 9. The minimum atomic E-state index is -3.86. The van der Waals surface area contributed by atoms with E-state index >= 15 is 0 Å². The predicted molar refractivity (Wildman–Crippen MR) is 123 cm³/mol. The molecule has 1 aliphatic heterocycles. The van der Waals surface area contributed by atoms with Crippen molar-refractivity contribution in [2.75, 3.05) is 43.8 Å². The van der Waals surface area contributed by atoms with Crippen molar-refractivity contribution in [1.82, 2.24) is 13.9 Å². The van der Waals surface area contributed by atoms with E-state index in [1.54, 1.807) is 0 Å². The first-order valence-corrected chi connectivity index (χ1v) is 13.4. The molecular formula is C21H28N4O5S2. The molecule has 1 aliphatic rings. The fraction of sp³-hybridized carbons (Fsp3) is 0.381. The highest BCUT2D eigenvalue weighted by molar-refractivity contribution is 7.90. The summed E-state index contributed by atoms with van der Waals surface area (Å²) >= 11 is 0. The molecule has 1 saturated heterocycles. The minimum absolute atomic E-state index is 0.00136. The zero-order valence-corrected chi connectivity index (χ0v) is 19.5. The Labute approximate surface area is 189 Å². The maximum absolute atomic E-state index is 12.7. The Morgan fingerprint density at radius 3 is 2.12 bits per heavy atom. The number of amides is 1. The van der Waals surface area contributed by atoms with Gasteiger partial charge in [-0.15, -0.1) is 0 Å². The van der Waals surface area contributed by atoms with E-state index in [1.165, 1.54) is 41.1 Å². The standard InChI is InChI=1S/C21H28N4O5S2/c1-18(26)23-20-7-9-21(10-8-20)32(29,30)22-11-16-31(27,28)25-14-12-24(13-15-25)17-19-5-3-2-4-6-19/h2-10,22H,11-17H2,1H3,(H,23,26). The van der Waals surface area contributed by atoms with E-state index in [2.05, 4.69) is 14.9 Å². The largest absolute Gasteiger partial charge is 0.326 e. The van der Waals surface area contributed by atoms with Gasteiger partial charge in [-0.3, -0.25) is 9.69 Å². The van der Waals surface area contributed by atoms with Crippen LogP contribution in [0.15, 0.2) is 59.5 Å². The molecule has 1 heterocycles. The highest BCUT2D eigenvalue weighted by atomic mass is 32.2. The summed E-state index contributed by atoms with van der Waals surface area (Å²) in [7, 11) is -7.43. The van der Waals surface area contributed by atoms with Crippen molar-refractivity contribution in [1.29, 1.82) is 0 Å². The second kappa shape index (κ2) is 10.5. The van der Waals surface area contributed by atoms with E-state index in [1.807, 2.05) is 30.3 Å². The van der Waals surface area contributed by atoms with Crippen molar-refractivity contribution in [3.8, 4) is 0 Å². The summed E-state index contributed by atoms with van der Waals surface area (Å²) in [5.74, 6) is -0.570. The van der Waals surface area contributed by atoms with Crippen LogP contribution in [0.3, 0.4) is 0 Å². The third-order valence-corrected chi connectivity index (χ3v) is 8.46. The Morgan fingerprint density at radius 2 is 1.53 bits per heavy atom. The molecule has 0 spiro atoms. The molecule has 0 radical (unpaired) electrons. The molecular weight excluding hydrogens is 452 g/mol. The van der Waals surface area contributed by atoms with Gasteiger partial charge in [-0.25, -0.2) is 21.6 Å². The lowest BCUT2D eigenvalue weighted by Crippen LogP contribution is -2.49. The highest BCUT2D eigenvalue weighted by Gasteiger charge is 2.27. The Morgan fingerprint density at radius 1 is 0.906 bits per heavy atom. The summed E-state index contributed by atoms with van der Waals surface area (Å²) in [5.41, 5.74) is 1.66. The lowest BCUT2D eigenvalue weighted by molar-refractivity contribution is -0.114. The summed E-state index contributed by atoms with van der Waals surface area (Å²) in [5, 5.41) is 2.56. The SMILES string of the molecule is CC(=O)Nc1ccc(S(=O)(=O)NCCS(=O)(=O)N2CCN(Cc3ccccc3)CC2)cc1. The van der Waals surface area contributed by atoms with E-state index in [-0.39, 0.29) is 23.1 Å². The Hall–Kier alpha value is -2.31. The van der Waals surface area contributed by atoms with Gasteiger partial charge in [-0.05, 0) is 29.8 Å². The Bertz CT molecular complexity index is 1110. The zero-order chi connectivity index (χ0) is 23.2. The number of anilines is 1. The molecule has 2 aromatic carbocycles. The van der Waals surface area contributed by atoms with Gasteiger partial charge < -0.3 is 5.32 Å². The summed E-state index contributed by atoms with van der Waals surface area (Å²) in [4.78, 5) is 13.3. The fourth-order valence-electron chi connectivity index (χ4n) is 3.45. The van der Waals surface area contributed by atoms with E-state index in [0.717, 1.165) is 6.54 Å². The van der Waals surface area contributed by atoms with Gasteiger partial charge in [0.05, 0.1) is 10.6 Å². The molecule has 1 amide bonds. The molecule has 3 rings (SSSR count). The van der Waals surface area contributed by atoms with Crippen molar-refractivity contribution in [2.24, 2.45) is 0 Å². The monoisotopic (exact) mass is 480 g/mol. The first-order chi connectivity index (χ1) is 15.2. The molecule has 2 N–H and O–H groups in total. The maximum Gasteiger partial charge on any atom is 0.240 e. The molecule has 2 aromatic rings. The van der Waals surface area contributed by atoms with Crippen LogP contribution in [-0.2, 0) is 31.4 Å². The molecule has 0 saturated carbocycles. The van der Waals surface area contributed by atoms with Crippen LogP contribution in [0.1, 0.15) is 12.5 Å². The molecule has 1 fully saturated rings. The maximum atomic E-state index is 12.7. The van der Waals surface area contributed by atoms with Gasteiger partial charge in [0.15, 0.2) is 0 Å². The summed E-state index contributed by atoms with van der Waals surface area (Å²) in [6, 6.07) is 15.7. The topological polar surface area (TPSA) is 116 Å². The number of hydrogen-bond acceptors (Lipinski definition) is 6. The van der Waals surface area contributed by atoms with Crippen LogP contribution in [0.2, 0.25) is 0 Å². The van der Waals surface area contributed by atoms with Crippen LogP contribution >= 0.6 is 0 Å². The van der Waals surface area contributed by atoms with Crippen LogP contribution in [-0.4, -0.2) is 70.4 Å². The second-order valence-electron chi connectivity index (χ2n) is 7.58. The summed E-state index contributed by atoms with van der Waals surface area (Å²) in [6.45, 7) is 3.92. The van der Waals surface area contributed by atoms with Crippen molar-refractivity contribution in [2.45, 2.75) is 18.4 Å². The molecule has 0 aromatic heterocycles. The average molecular weight is 481 g/mol. The smallest absolute Gasteiger partial charge is 0.240 e. The molecule has 174 valence electrons. The van der Waals surface area contributed by atoms with E-state index in [0.29, 0.717) is 31.9 Å². The van der Waals surface area contributed by atoms with E-state index < -0.39 is 20.0 Å². The number of nitrogens with zero attached hydrogens (tertiary/aromatic N) is 2. The lowest BCUT2D eigenvalue weighted by Gasteiger charge is -2.34. The molecule has 0 atom stereocenters. The quantitative estimate of drug-likeness (QED) is 0.555. The number of benzene rings is 2. The summed E-state index contributed by atoms with van der Waals surface area (Å²) < 4.78 is 53.9. The van der Waals surface area contributed by atoms with Crippen LogP contribution in [0, 0.1) is 0 Å². The first kappa shape index (κ1) is 24.3. The van der Waals surface area contributed by atoms with Gasteiger partial charge in [0.2, 0.25) is 26.0 Å². The zero-order valence-electron chi connectivity index (χ0n) is 17.9. The van der Waals surface area contributed by atoms with Crippen LogP contribution in [0.5, 0.6) is 0 Å². The van der Waals surface area contributed by atoms with E-state index in [4.69, 9.17) is 0 Å². The van der Waals surface area contributed by atoms with E-state index in [9.17, 15) is 21.6 Å². The van der Waals surface area contributed by atoms with Crippen LogP contribution in [0.25, 0.3) is 0 Å². The predicted octanol–water partition coefficient (Wildman–Crippen LogP) is 1.07. The molecule has 11 heteroatoms. The van der Waals surface area contributed by atoms with Gasteiger partial charge in [0, 0.05) is 51.9 Å². The van der Waals surface area contributed by atoms with Gasteiger partial charge in [0.1, 0.15) is 0 Å². The first-order valence-electron chi connectivity index (χ1n) is 10.3. The third kappa shape index (κ3) is 6.84. The second-order valence-corrected chi connectivity index (χ2v) is 11.4. The van der Waals surface area contributed by atoms with Crippen molar-refractivity contribution in [3.63, 3.8) is 0 Å². The van der Waals surface area contributed by atoms with Crippen molar-refractivity contribution in [3.05, 3.63) is 60.2 Å². The number of nitrogens with one attached hydrogen (secondary N) is 2. The molecule has 9 nitrogen and oxygen atoms in total. The third-order valence-electron chi connectivity index (χ3n) is 5.11. The average Bonchev–Trinajstić information content (AvgIpc) is 2.74. The van der Waals surface area contributed by atoms with Crippen LogP contribution < -0.4 is 10.0 Å². The number of carbonyl (C=O) groups is 1. The number of hydrogen-bond donors (Lipinski definition) is 2. The van der Waals surface area contributed by atoms with Crippen LogP contribution in [0.4, 0.5) is 5.69 Å². The molecule has 0 bridgehead atoms. The molecule has 0 aliphatic carbocycles. The van der Waals surface area contributed by atoms with Gasteiger partial charge in [0.25, 0.3) is 0 Å². The number of sulfonamides is 2. The lowest BCUT2D eigenvalue weighted by atomic mass is 10.2. The fourth-order valence-corrected chi connectivity index (χ4v) is 5.94. The van der Waals surface area contributed by atoms with Gasteiger partial charge in [-0.1, -0.05) is 30.3 Å². The molecule has 32 heavy (non-hydrogen) atoms. The Balaban J connectivity index is 1.48. The minimum Gasteiger partial charge on any atom is -0.326 e. The number of carbonyl (C=O) groups excluding carboxylic acids is 1. The number of piperazine rings is 1. The van der Waals surface area contributed by atoms with Crippen molar-refractivity contribution >= 4 is 31.6 Å². The van der Waals surface area contributed by atoms with Gasteiger partial charge >= 0.3 is 0 Å².